The van der Waals surface area contributed by atoms with Crippen LogP contribution in [0.25, 0.3) is 11.2 Å². The van der Waals surface area contributed by atoms with Gasteiger partial charge in [0.1, 0.15) is 11.3 Å². The fraction of sp³-hybridized carbons (Fsp3) is 0.667. The van der Waals surface area contributed by atoms with E-state index in [2.05, 4.69) is 34.4 Å². The van der Waals surface area contributed by atoms with Crippen LogP contribution in [0.1, 0.15) is 57.8 Å². The van der Waals surface area contributed by atoms with Crippen LogP contribution < -0.4 is 0 Å². The van der Waals surface area contributed by atoms with Crippen molar-refractivity contribution in [3.63, 3.8) is 0 Å². The molecule has 1 aliphatic heterocycles. The Hall–Kier alpha value is -1.42. The van der Waals surface area contributed by atoms with E-state index in [0.29, 0.717) is 18.1 Å². The molecule has 1 unspecified atom stereocenters. The maximum absolute atomic E-state index is 4.94. The van der Waals surface area contributed by atoms with Gasteiger partial charge in [0.2, 0.25) is 0 Å². The van der Waals surface area contributed by atoms with Gasteiger partial charge in [0.15, 0.2) is 5.65 Å². The second kappa shape index (κ2) is 5.65. The molecule has 1 saturated carbocycles. The molecular weight excluding hydrogens is 272 g/mol. The number of rotatable bonds is 4. The molecule has 4 heteroatoms. The summed E-state index contributed by atoms with van der Waals surface area (Å²) in [6.45, 7) is 5.89. The van der Waals surface area contributed by atoms with Gasteiger partial charge in [0.25, 0.3) is 0 Å². The molecule has 3 heterocycles. The molecule has 0 spiro atoms. The summed E-state index contributed by atoms with van der Waals surface area (Å²) in [4.78, 5) is 12.2. The summed E-state index contributed by atoms with van der Waals surface area (Å²) in [5, 5.41) is 0. The third-order valence-electron chi connectivity index (χ3n) is 5.19. The first-order valence-electron chi connectivity index (χ1n) is 8.81. The van der Waals surface area contributed by atoms with Crippen LogP contribution in [0.15, 0.2) is 18.3 Å². The Morgan fingerprint density at radius 1 is 1.23 bits per heavy atom. The van der Waals surface area contributed by atoms with Gasteiger partial charge in [-0.25, -0.2) is 9.97 Å². The van der Waals surface area contributed by atoms with Gasteiger partial charge in [-0.15, -0.1) is 0 Å². The zero-order valence-corrected chi connectivity index (χ0v) is 13.7. The standard InChI is InChI=1S/C18H26N4/c1-13(2)21-11-4-3-6-15(21)12-17-20-16-7-5-10-19-18(16)22(17)14-8-9-14/h5,7,10,13-15H,3-4,6,8-9,11-12H2,1-2H3. The average Bonchev–Trinajstić information content (AvgIpc) is 3.29. The van der Waals surface area contributed by atoms with Crippen LogP contribution in [0, 0.1) is 0 Å². The van der Waals surface area contributed by atoms with Gasteiger partial charge in [0, 0.05) is 30.7 Å². The molecule has 0 aromatic carbocycles. The van der Waals surface area contributed by atoms with Crippen molar-refractivity contribution in [1.82, 2.24) is 19.4 Å². The highest BCUT2D eigenvalue weighted by molar-refractivity contribution is 5.71. The van der Waals surface area contributed by atoms with Crippen molar-refractivity contribution in [2.24, 2.45) is 0 Å². The molecule has 2 aromatic rings. The monoisotopic (exact) mass is 298 g/mol. The summed E-state index contributed by atoms with van der Waals surface area (Å²) >= 11 is 0. The van der Waals surface area contributed by atoms with Crippen molar-refractivity contribution in [3.8, 4) is 0 Å². The first-order valence-corrected chi connectivity index (χ1v) is 8.81. The highest BCUT2D eigenvalue weighted by Crippen LogP contribution is 2.38. The lowest BCUT2D eigenvalue weighted by atomic mass is 9.97. The van der Waals surface area contributed by atoms with E-state index in [0.717, 1.165) is 17.6 Å². The number of pyridine rings is 1. The Morgan fingerprint density at radius 2 is 2.09 bits per heavy atom. The van der Waals surface area contributed by atoms with Crippen LogP contribution in [0.2, 0.25) is 0 Å². The number of likely N-dealkylation sites (tertiary alicyclic amines) is 1. The van der Waals surface area contributed by atoms with Crippen LogP contribution in [-0.4, -0.2) is 38.1 Å². The van der Waals surface area contributed by atoms with Gasteiger partial charge in [-0.1, -0.05) is 6.42 Å². The zero-order valence-electron chi connectivity index (χ0n) is 13.7. The Bertz CT molecular complexity index is 656. The predicted octanol–water partition coefficient (Wildman–Crippen LogP) is 3.57. The van der Waals surface area contributed by atoms with Crippen molar-refractivity contribution in [1.29, 1.82) is 0 Å². The molecule has 0 amide bonds. The highest BCUT2D eigenvalue weighted by atomic mass is 15.2. The van der Waals surface area contributed by atoms with Crippen molar-refractivity contribution in [2.45, 2.75) is 70.5 Å². The van der Waals surface area contributed by atoms with Gasteiger partial charge < -0.3 is 4.57 Å². The third-order valence-corrected chi connectivity index (χ3v) is 5.19. The van der Waals surface area contributed by atoms with E-state index in [1.807, 2.05) is 12.3 Å². The minimum absolute atomic E-state index is 0.627. The van der Waals surface area contributed by atoms with E-state index in [-0.39, 0.29) is 0 Å². The quantitative estimate of drug-likeness (QED) is 0.865. The Balaban J connectivity index is 1.67. The molecule has 0 N–H and O–H groups in total. The molecule has 2 aliphatic rings. The van der Waals surface area contributed by atoms with Crippen LogP contribution in [-0.2, 0) is 6.42 Å². The molecule has 2 aromatic heterocycles. The van der Waals surface area contributed by atoms with Gasteiger partial charge in [-0.3, -0.25) is 4.90 Å². The lowest BCUT2D eigenvalue weighted by molar-refractivity contribution is 0.109. The van der Waals surface area contributed by atoms with Crippen molar-refractivity contribution in [3.05, 3.63) is 24.2 Å². The molecule has 2 fully saturated rings. The summed E-state index contributed by atoms with van der Waals surface area (Å²) in [5.74, 6) is 1.26. The first kappa shape index (κ1) is 14.2. The van der Waals surface area contributed by atoms with Crippen LogP contribution in [0.3, 0.4) is 0 Å². The number of hydrogen-bond donors (Lipinski definition) is 0. The van der Waals surface area contributed by atoms with E-state index < -0.39 is 0 Å². The lowest BCUT2D eigenvalue weighted by Gasteiger charge is -2.38. The molecular formula is C18H26N4. The molecule has 1 saturated heterocycles. The Labute approximate surface area is 132 Å². The maximum atomic E-state index is 4.94. The van der Waals surface area contributed by atoms with Gasteiger partial charge in [-0.05, 0) is 58.2 Å². The lowest BCUT2D eigenvalue weighted by Crippen LogP contribution is -2.45. The van der Waals surface area contributed by atoms with Crippen molar-refractivity contribution >= 4 is 11.2 Å². The Kier molecular flexibility index (Phi) is 3.65. The second-order valence-corrected chi connectivity index (χ2v) is 7.16. The number of imidazole rings is 1. The fourth-order valence-electron chi connectivity index (χ4n) is 3.97. The fourth-order valence-corrected chi connectivity index (χ4v) is 3.97. The van der Waals surface area contributed by atoms with E-state index >= 15 is 0 Å². The summed E-state index contributed by atoms with van der Waals surface area (Å²) in [5.41, 5.74) is 2.16. The van der Waals surface area contributed by atoms with E-state index in [1.165, 1.54) is 44.5 Å². The molecule has 118 valence electrons. The van der Waals surface area contributed by atoms with Crippen LogP contribution in [0.5, 0.6) is 0 Å². The van der Waals surface area contributed by atoms with Gasteiger partial charge >= 0.3 is 0 Å². The molecule has 0 radical (unpaired) electrons. The molecule has 1 aliphatic carbocycles. The number of fused-ring (bicyclic) bond motifs is 1. The zero-order chi connectivity index (χ0) is 15.1. The minimum Gasteiger partial charge on any atom is -0.310 e. The second-order valence-electron chi connectivity index (χ2n) is 7.16. The topological polar surface area (TPSA) is 34.0 Å². The van der Waals surface area contributed by atoms with E-state index in [1.54, 1.807) is 0 Å². The first-order chi connectivity index (χ1) is 10.7. The smallest absolute Gasteiger partial charge is 0.160 e. The normalized spacial score (nSPS) is 23.5. The third kappa shape index (κ3) is 2.54. The number of aromatic nitrogens is 3. The highest BCUT2D eigenvalue weighted by Gasteiger charge is 2.31. The molecule has 0 bridgehead atoms. The molecule has 4 rings (SSSR count). The number of nitrogens with zero attached hydrogens (tertiary/aromatic N) is 4. The van der Waals surface area contributed by atoms with Crippen molar-refractivity contribution in [2.75, 3.05) is 6.54 Å². The molecule has 22 heavy (non-hydrogen) atoms. The summed E-state index contributed by atoms with van der Waals surface area (Å²) in [7, 11) is 0. The van der Waals surface area contributed by atoms with Crippen LogP contribution >= 0.6 is 0 Å². The van der Waals surface area contributed by atoms with E-state index in [4.69, 9.17) is 4.98 Å². The number of hydrogen-bond acceptors (Lipinski definition) is 3. The SMILES string of the molecule is CC(C)N1CCCCC1Cc1nc2cccnc2n1C1CC1. The maximum Gasteiger partial charge on any atom is 0.160 e. The average molecular weight is 298 g/mol. The summed E-state index contributed by atoms with van der Waals surface area (Å²) in [6.07, 6.45) is 9.55. The van der Waals surface area contributed by atoms with Crippen LogP contribution in [0.4, 0.5) is 0 Å². The van der Waals surface area contributed by atoms with Crippen molar-refractivity contribution < 1.29 is 0 Å². The van der Waals surface area contributed by atoms with Gasteiger partial charge in [0.05, 0.1) is 0 Å². The summed E-state index contributed by atoms with van der Waals surface area (Å²) in [6, 6.07) is 6.01. The van der Waals surface area contributed by atoms with Gasteiger partial charge in [-0.2, -0.15) is 0 Å². The minimum atomic E-state index is 0.627. The molecule has 4 nitrogen and oxygen atoms in total. The van der Waals surface area contributed by atoms with E-state index in [9.17, 15) is 0 Å². The largest absolute Gasteiger partial charge is 0.310 e. The molecule has 1 atom stereocenters. The summed E-state index contributed by atoms with van der Waals surface area (Å²) < 4.78 is 2.43. The predicted molar refractivity (Wildman–Crippen MR) is 89.0 cm³/mol. The number of piperidine rings is 1. The Morgan fingerprint density at radius 3 is 2.86 bits per heavy atom.